The molecule has 1 aliphatic carbocycles. The smallest absolute Gasteiger partial charge is 0.305 e. The summed E-state index contributed by atoms with van der Waals surface area (Å²) in [5.74, 6) is 0.397. The molecule has 0 fully saturated rings. The van der Waals surface area contributed by atoms with Crippen LogP contribution in [0.4, 0.5) is 0 Å². The zero-order valence-corrected chi connectivity index (χ0v) is 10.9. The molecule has 1 aliphatic rings. The third-order valence-corrected chi connectivity index (χ3v) is 3.18. The first-order valence-corrected chi connectivity index (χ1v) is 6.00. The number of hydrogen-bond acceptors (Lipinski definition) is 5. The number of fused-ring (bicyclic) bond motifs is 1. The molecule has 5 heteroatoms. The number of ketones is 1. The van der Waals surface area contributed by atoms with Gasteiger partial charge in [-0.2, -0.15) is 0 Å². The summed E-state index contributed by atoms with van der Waals surface area (Å²) < 4.78 is 9.81. The number of esters is 1. The summed E-state index contributed by atoms with van der Waals surface area (Å²) in [6.45, 7) is 4.06. The number of ether oxygens (including phenoxy) is 1. The van der Waals surface area contributed by atoms with Gasteiger partial charge >= 0.3 is 5.97 Å². The van der Waals surface area contributed by atoms with Gasteiger partial charge in [0.1, 0.15) is 5.76 Å². The van der Waals surface area contributed by atoms with Crippen molar-refractivity contribution in [1.29, 1.82) is 0 Å². The molecule has 0 unspecified atom stereocenters. The maximum Gasteiger partial charge on any atom is 0.305 e. The van der Waals surface area contributed by atoms with Crippen LogP contribution in [0.5, 0.6) is 0 Å². The lowest BCUT2D eigenvalue weighted by molar-refractivity contribution is -0.140. The van der Waals surface area contributed by atoms with Gasteiger partial charge in [0.2, 0.25) is 0 Å². The Labute approximate surface area is 105 Å². The van der Waals surface area contributed by atoms with E-state index in [1.165, 1.54) is 7.11 Å². The molecule has 0 saturated carbocycles. The fourth-order valence-corrected chi connectivity index (χ4v) is 2.31. The van der Waals surface area contributed by atoms with Crippen LogP contribution in [-0.4, -0.2) is 24.0 Å². The van der Waals surface area contributed by atoms with Crippen molar-refractivity contribution in [2.24, 2.45) is 5.41 Å². The van der Waals surface area contributed by atoms with Crippen LogP contribution in [0.25, 0.3) is 0 Å². The molecule has 0 bridgehead atoms. The second-order valence-corrected chi connectivity index (χ2v) is 5.44. The standard InChI is InChI=1S/C13H17NO4/c1-13(2)6-9(15)12-8(4-5-11(16)17-3)14-18-10(12)7-13/h4-7H2,1-3H3. The number of nitrogens with zero attached hydrogens (tertiary/aromatic N) is 1. The van der Waals surface area contributed by atoms with Crippen molar-refractivity contribution in [3.05, 3.63) is 17.0 Å². The Bertz CT molecular complexity index is 487. The number of methoxy groups -OCH3 is 1. The van der Waals surface area contributed by atoms with E-state index in [9.17, 15) is 9.59 Å². The van der Waals surface area contributed by atoms with Gasteiger partial charge in [-0.1, -0.05) is 19.0 Å². The van der Waals surface area contributed by atoms with Crippen molar-refractivity contribution >= 4 is 11.8 Å². The van der Waals surface area contributed by atoms with Crippen LogP contribution in [0.15, 0.2) is 4.52 Å². The van der Waals surface area contributed by atoms with Gasteiger partial charge in [-0.25, -0.2) is 0 Å². The topological polar surface area (TPSA) is 69.4 Å². The Morgan fingerprint density at radius 3 is 2.83 bits per heavy atom. The average molecular weight is 251 g/mol. The normalized spacial score (nSPS) is 17.4. The largest absolute Gasteiger partial charge is 0.469 e. The Morgan fingerprint density at radius 1 is 1.44 bits per heavy atom. The van der Waals surface area contributed by atoms with Gasteiger partial charge in [-0.15, -0.1) is 0 Å². The van der Waals surface area contributed by atoms with E-state index in [0.717, 1.165) is 0 Å². The predicted octanol–water partition coefficient (Wildman–Crippen LogP) is 1.94. The van der Waals surface area contributed by atoms with Gasteiger partial charge in [-0.3, -0.25) is 9.59 Å². The number of Topliss-reactive ketones (excluding diaryl/α,β-unsaturated/α-hetero) is 1. The van der Waals surface area contributed by atoms with E-state index in [1.807, 2.05) is 13.8 Å². The summed E-state index contributed by atoms with van der Waals surface area (Å²) in [6.07, 6.45) is 1.80. The predicted molar refractivity (Wildman–Crippen MR) is 63.3 cm³/mol. The first-order chi connectivity index (χ1) is 8.43. The van der Waals surface area contributed by atoms with Crippen LogP contribution in [0, 0.1) is 5.41 Å². The average Bonchev–Trinajstić information content (AvgIpc) is 2.67. The lowest BCUT2D eigenvalue weighted by Crippen LogP contribution is -2.26. The SMILES string of the molecule is COC(=O)CCc1noc2c1C(=O)CC(C)(C)C2. The summed E-state index contributed by atoms with van der Waals surface area (Å²) >= 11 is 0. The van der Waals surface area contributed by atoms with E-state index in [1.54, 1.807) is 0 Å². The quantitative estimate of drug-likeness (QED) is 0.768. The van der Waals surface area contributed by atoms with E-state index in [0.29, 0.717) is 36.3 Å². The zero-order chi connectivity index (χ0) is 13.3. The second-order valence-electron chi connectivity index (χ2n) is 5.44. The minimum Gasteiger partial charge on any atom is -0.469 e. The summed E-state index contributed by atoms with van der Waals surface area (Å²) in [4.78, 5) is 23.2. The maximum atomic E-state index is 12.1. The van der Waals surface area contributed by atoms with Gasteiger partial charge < -0.3 is 9.26 Å². The van der Waals surface area contributed by atoms with Crippen LogP contribution < -0.4 is 0 Å². The van der Waals surface area contributed by atoms with Crippen molar-refractivity contribution in [3.8, 4) is 0 Å². The summed E-state index contributed by atoms with van der Waals surface area (Å²) in [7, 11) is 1.34. The van der Waals surface area contributed by atoms with Crippen LogP contribution in [0.3, 0.4) is 0 Å². The lowest BCUT2D eigenvalue weighted by Gasteiger charge is -2.26. The molecule has 0 atom stereocenters. The van der Waals surface area contributed by atoms with Crippen molar-refractivity contribution in [3.63, 3.8) is 0 Å². The monoisotopic (exact) mass is 251 g/mol. The molecule has 0 radical (unpaired) electrons. The molecule has 1 heterocycles. The first-order valence-electron chi connectivity index (χ1n) is 6.00. The van der Waals surface area contributed by atoms with Gasteiger partial charge in [0, 0.05) is 19.3 Å². The number of aromatic nitrogens is 1. The number of carbonyl (C=O) groups is 2. The van der Waals surface area contributed by atoms with E-state index in [4.69, 9.17) is 4.52 Å². The Balaban J connectivity index is 2.19. The third kappa shape index (κ3) is 2.44. The van der Waals surface area contributed by atoms with Crippen molar-refractivity contribution < 1.29 is 18.8 Å². The fraction of sp³-hybridized carbons (Fsp3) is 0.615. The van der Waals surface area contributed by atoms with Gasteiger partial charge in [0.05, 0.1) is 24.8 Å². The van der Waals surface area contributed by atoms with Crippen LogP contribution in [0.2, 0.25) is 0 Å². The highest BCUT2D eigenvalue weighted by Crippen LogP contribution is 2.36. The maximum absolute atomic E-state index is 12.1. The van der Waals surface area contributed by atoms with E-state index in [-0.39, 0.29) is 23.6 Å². The van der Waals surface area contributed by atoms with Crippen LogP contribution >= 0.6 is 0 Å². The lowest BCUT2D eigenvalue weighted by atomic mass is 9.76. The molecule has 0 spiro atoms. The third-order valence-electron chi connectivity index (χ3n) is 3.18. The highest BCUT2D eigenvalue weighted by Gasteiger charge is 2.36. The minimum atomic E-state index is -0.310. The second kappa shape index (κ2) is 4.55. The first kappa shape index (κ1) is 12.8. The number of rotatable bonds is 3. The molecule has 2 rings (SSSR count). The molecule has 18 heavy (non-hydrogen) atoms. The summed E-state index contributed by atoms with van der Waals surface area (Å²) in [5, 5.41) is 3.92. The van der Waals surface area contributed by atoms with Gasteiger partial charge in [0.15, 0.2) is 5.78 Å². The summed E-state index contributed by atoms with van der Waals surface area (Å²) in [5.41, 5.74) is 1.08. The van der Waals surface area contributed by atoms with Gasteiger partial charge in [-0.05, 0) is 5.41 Å². The molecule has 0 amide bonds. The molecule has 0 aliphatic heterocycles. The highest BCUT2D eigenvalue weighted by atomic mass is 16.5. The van der Waals surface area contributed by atoms with Crippen LogP contribution in [0.1, 0.15) is 48.5 Å². The van der Waals surface area contributed by atoms with E-state index >= 15 is 0 Å². The molecule has 5 nitrogen and oxygen atoms in total. The van der Waals surface area contributed by atoms with Crippen molar-refractivity contribution in [2.45, 2.75) is 39.5 Å². The number of carbonyl (C=O) groups excluding carboxylic acids is 2. The van der Waals surface area contributed by atoms with Crippen molar-refractivity contribution in [2.75, 3.05) is 7.11 Å². The molecule has 98 valence electrons. The van der Waals surface area contributed by atoms with Crippen molar-refractivity contribution in [1.82, 2.24) is 5.16 Å². The number of aryl methyl sites for hydroxylation is 1. The summed E-state index contributed by atoms with van der Waals surface area (Å²) in [6, 6.07) is 0. The molecular formula is C13H17NO4. The van der Waals surface area contributed by atoms with Crippen LogP contribution in [-0.2, 0) is 22.4 Å². The molecule has 1 aromatic rings. The van der Waals surface area contributed by atoms with E-state index in [2.05, 4.69) is 9.89 Å². The van der Waals surface area contributed by atoms with Gasteiger partial charge in [0.25, 0.3) is 0 Å². The Morgan fingerprint density at radius 2 is 2.17 bits per heavy atom. The molecule has 0 N–H and O–H groups in total. The number of hydrogen-bond donors (Lipinski definition) is 0. The fourth-order valence-electron chi connectivity index (χ4n) is 2.31. The molecule has 1 aromatic heterocycles. The minimum absolute atomic E-state index is 0.0577. The zero-order valence-electron chi connectivity index (χ0n) is 10.9. The Kier molecular flexibility index (Phi) is 3.24. The molecule has 0 saturated heterocycles. The Hall–Kier alpha value is -1.65. The highest BCUT2D eigenvalue weighted by molar-refractivity contribution is 5.99. The molecule has 0 aromatic carbocycles. The van der Waals surface area contributed by atoms with E-state index < -0.39 is 0 Å². The molecular weight excluding hydrogens is 234 g/mol.